The van der Waals surface area contributed by atoms with E-state index in [9.17, 15) is 14.3 Å². The first-order chi connectivity index (χ1) is 11.0. The lowest BCUT2D eigenvalue weighted by Gasteiger charge is -2.20. The van der Waals surface area contributed by atoms with Crippen molar-refractivity contribution < 1.29 is 14.3 Å². The van der Waals surface area contributed by atoms with Crippen LogP contribution in [0.25, 0.3) is 11.1 Å². The Balaban J connectivity index is 1.74. The van der Waals surface area contributed by atoms with Crippen LogP contribution >= 0.6 is 0 Å². The minimum Gasteiger partial charge on any atom is -0.481 e. The lowest BCUT2D eigenvalue weighted by Crippen LogP contribution is -2.31. The minimum absolute atomic E-state index is 0.261. The molecule has 1 unspecified atom stereocenters. The molecular weight excluding hydrogens is 295 g/mol. The van der Waals surface area contributed by atoms with E-state index in [4.69, 9.17) is 0 Å². The number of carboxylic acids is 1. The summed E-state index contributed by atoms with van der Waals surface area (Å²) in [6, 6.07) is 8.87. The highest BCUT2D eigenvalue weighted by molar-refractivity contribution is 5.74. The number of carboxylic acid groups (broad SMARTS) is 1. The van der Waals surface area contributed by atoms with Gasteiger partial charge in [-0.15, -0.1) is 0 Å². The molecule has 0 saturated carbocycles. The molecule has 0 bridgehead atoms. The van der Waals surface area contributed by atoms with Gasteiger partial charge in [0, 0.05) is 31.0 Å². The average molecular weight is 314 g/mol. The number of carbonyl (C=O) groups is 1. The van der Waals surface area contributed by atoms with Crippen LogP contribution in [-0.4, -0.2) is 34.0 Å². The third kappa shape index (κ3) is 3.24. The first-order valence-electron chi connectivity index (χ1n) is 7.62. The van der Waals surface area contributed by atoms with Crippen LogP contribution in [0, 0.1) is 11.2 Å². The molecular formula is C18H19FN2O2. The van der Waals surface area contributed by atoms with Crippen molar-refractivity contribution >= 4 is 5.97 Å². The van der Waals surface area contributed by atoms with Crippen molar-refractivity contribution in [3.8, 4) is 11.1 Å². The van der Waals surface area contributed by atoms with Gasteiger partial charge in [-0.1, -0.05) is 12.1 Å². The number of likely N-dealkylation sites (tertiary alicyclic amines) is 1. The van der Waals surface area contributed by atoms with Crippen molar-refractivity contribution in [1.82, 2.24) is 9.88 Å². The van der Waals surface area contributed by atoms with Crippen LogP contribution < -0.4 is 0 Å². The van der Waals surface area contributed by atoms with Crippen molar-refractivity contribution in [2.45, 2.75) is 19.9 Å². The molecule has 1 N–H and O–H groups in total. The molecule has 1 saturated heterocycles. The summed E-state index contributed by atoms with van der Waals surface area (Å²) in [6.07, 6.45) is 3.95. The van der Waals surface area contributed by atoms with Gasteiger partial charge in [-0.2, -0.15) is 0 Å². The standard InChI is InChI=1S/C18H19FN2O2/c1-18(17(22)23)6-9-21(12-18)11-15-3-2-14(10-16(15)19)13-4-7-20-8-5-13/h2-5,7-8,10H,6,9,11-12H2,1H3,(H,22,23). The summed E-state index contributed by atoms with van der Waals surface area (Å²) in [5.41, 5.74) is 1.60. The lowest BCUT2D eigenvalue weighted by atomic mass is 9.90. The van der Waals surface area contributed by atoms with Gasteiger partial charge >= 0.3 is 5.97 Å². The monoisotopic (exact) mass is 314 g/mol. The third-order valence-corrected chi connectivity index (χ3v) is 4.53. The van der Waals surface area contributed by atoms with Gasteiger partial charge in [0.15, 0.2) is 0 Å². The number of nitrogens with zero attached hydrogens (tertiary/aromatic N) is 2. The number of hydrogen-bond donors (Lipinski definition) is 1. The Morgan fingerprint density at radius 3 is 2.65 bits per heavy atom. The van der Waals surface area contributed by atoms with Gasteiger partial charge < -0.3 is 5.11 Å². The predicted molar refractivity (Wildman–Crippen MR) is 85.3 cm³/mol. The number of pyridine rings is 1. The van der Waals surface area contributed by atoms with Crippen LogP contribution in [0.5, 0.6) is 0 Å². The topological polar surface area (TPSA) is 53.4 Å². The highest BCUT2D eigenvalue weighted by Gasteiger charge is 2.40. The molecule has 2 heterocycles. The molecule has 1 aromatic carbocycles. The zero-order valence-electron chi connectivity index (χ0n) is 13.0. The summed E-state index contributed by atoms with van der Waals surface area (Å²) in [4.78, 5) is 17.2. The van der Waals surface area contributed by atoms with Crippen molar-refractivity contribution in [3.63, 3.8) is 0 Å². The summed E-state index contributed by atoms with van der Waals surface area (Å²) >= 11 is 0. The van der Waals surface area contributed by atoms with E-state index in [2.05, 4.69) is 4.98 Å². The van der Waals surface area contributed by atoms with Gasteiger partial charge in [0.25, 0.3) is 0 Å². The van der Waals surface area contributed by atoms with Crippen molar-refractivity contribution in [2.75, 3.05) is 13.1 Å². The van der Waals surface area contributed by atoms with Gasteiger partial charge in [0.2, 0.25) is 0 Å². The van der Waals surface area contributed by atoms with Crippen LogP contribution in [0.15, 0.2) is 42.7 Å². The molecule has 3 rings (SSSR count). The van der Waals surface area contributed by atoms with Crippen LogP contribution in [0.3, 0.4) is 0 Å². The van der Waals surface area contributed by atoms with E-state index in [-0.39, 0.29) is 5.82 Å². The molecule has 23 heavy (non-hydrogen) atoms. The number of aromatic nitrogens is 1. The smallest absolute Gasteiger partial charge is 0.310 e. The van der Waals surface area contributed by atoms with E-state index in [1.165, 1.54) is 6.07 Å². The van der Waals surface area contributed by atoms with Crippen LogP contribution in [0.2, 0.25) is 0 Å². The maximum atomic E-state index is 14.4. The Bertz CT molecular complexity index is 720. The highest BCUT2D eigenvalue weighted by atomic mass is 19.1. The number of aliphatic carboxylic acids is 1. The van der Waals surface area contributed by atoms with Crippen molar-refractivity contribution in [3.05, 3.63) is 54.1 Å². The lowest BCUT2D eigenvalue weighted by molar-refractivity contribution is -0.147. The predicted octanol–water partition coefficient (Wildman–Crippen LogP) is 3.18. The van der Waals surface area contributed by atoms with Crippen LogP contribution in [0.1, 0.15) is 18.9 Å². The highest BCUT2D eigenvalue weighted by Crippen LogP contribution is 2.31. The van der Waals surface area contributed by atoms with E-state index in [0.29, 0.717) is 31.6 Å². The molecule has 4 nitrogen and oxygen atoms in total. The number of rotatable bonds is 4. The van der Waals surface area contributed by atoms with Gasteiger partial charge in [0.05, 0.1) is 5.41 Å². The number of halogens is 1. The molecule has 5 heteroatoms. The molecule has 0 radical (unpaired) electrons. The largest absolute Gasteiger partial charge is 0.481 e. The maximum Gasteiger partial charge on any atom is 0.310 e. The average Bonchev–Trinajstić information content (AvgIpc) is 2.93. The summed E-state index contributed by atoms with van der Waals surface area (Å²) < 4.78 is 14.4. The second kappa shape index (κ2) is 6.08. The Hall–Kier alpha value is -2.27. The first kappa shape index (κ1) is 15.6. The quantitative estimate of drug-likeness (QED) is 0.941. The maximum absolute atomic E-state index is 14.4. The Morgan fingerprint density at radius 1 is 1.30 bits per heavy atom. The summed E-state index contributed by atoms with van der Waals surface area (Å²) in [5.74, 6) is -1.04. The second-order valence-corrected chi connectivity index (χ2v) is 6.37. The van der Waals surface area contributed by atoms with Crippen molar-refractivity contribution in [1.29, 1.82) is 0 Å². The molecule has 0 spiro atoms. The molecule has 1 aliphatic heterocycles. The molecule has 1 aromatic heterocycles. The molecule has 2 aromatic rings. The van der Waals surface area contributed by atoms with E-state index in [1.54, 1.807) is 25.4 Å². The third-order valence-electron chi connectivity index (χ3n) is 4.53. The Labute approximate surface area is 134 Å². The molecule has 120 valence electrons. The fourth-order valence-corrected chi connectivity index (χ4v) is 3.01. The van der Waals surface area contributed by atoms with E-state index in [1.807, 2.05) is 23.1 Å². The fourth-order valence-electron chi connectivity index (χ4n) is 3.01. The van der Waals surface area contributed by atoms with Gasteiger partial charge in [0.1, 0.15) is 5.82 Å². The van der Waals surface area contributed by atoms with E-state index < -0.39 is 11.4 Å². The zero-order valence-corrected chi connectivity index (χ0v) is 13.0. The first-order valence-corrected chi connectivity index (χ1v) is 7.62. The Kier molecular flexibility index (Phi) is 4.13. The Morgan fingerprint density at radius 2 is 2.04 bits per heavy atom. The molecule has 0 amide bonds. The summed E-state index contributed by atoms with van der Waals surface area (Å²) in [6.45, 7) is 3.31. The molecule has 1 atom stereocenters. The second-order valence-electron chi connectivity index (χ2n) is 6.37. The summed E-state index contributed by atoms with van der Waals surface area (Å²) in [7, 11) is 0. The summed E-state index contributed by atoms with van der Waals surface area (Å²) in [5, 5.41) is 9.27. The van der Waals surface area contributed by atoms with Gasteiger partial charge in [-0.3, -0.25) is 14.7 Å². The van der Waals surface area contributed by atoms with Gasteiger partial charge in [-0.25, -0.2) is 4.39 Å². The van der Waals surface area contributed by atoms with Crippen molar-refractivity contribution in [2.24, 2.45) is 5.41 Å². The zero-order chi connectivity index (χ0) is 16.4. The number of hydrogen-bond acceptors (Lipinski definition) is 3. The van der Waals surface area contributed by atoms with E-state index in [0.717, 1.165) is 11.1 Å². The van der Waals surface area contributed by atoms with E-state index >= 15 is 0 Å². The molecule has 0 aliphatic carbocycles. The molecule has 1 fully saturated rings. The SMILES string of the molecule is CC1(C(=O)O)CCN(Cc2ccc(-c3ccncc3)cc2F)C1. The minimum atomic E-state index is -0.784. The van der Waals surface area contributed by atoms with Gasteiger partial charge in [-0.05, 0) is 49.2 Å². The van der Waals surface area contributed by atoms with Crippen LogP contribution in [0.4, 0.5) is 4.39 Å². The number of benzene rings is 1. The fraction of sp³-hybridized carbons (Fsp3) is 0.333. The van der Waals surface area contributed by atoms with Crippen LogP contribution in [-0.2, 0) is 11.3 Å². The molecule has 1 aliphatic rings. The normalized spacial score (nSPS) is 21.5.